The van der Waals surface area contributed by atoms with Gasteiger partial charge in [0.15, 0.2) is 0 Å². The van der Waals surface area contributed by atoms with Crippen molar-refractivity contribution in [1.29, 1.82) is 0 Å². The third-order valence-electron chi connectivity index (χ3n) is 2.83. The van der Waals surface area contributed by atoms with Crippen molar-refractivity contribution in [1.82, 2.24) is 14.9 Å². The van der Waals surface area contributed by atoms with Crippen molar-refractivity contribution >= 4 is 23.4 Å². The van der Waals surface area contributed by atoms with Gasteiger partial charge in [-0.2, -0.15) is 0 Å². The van der Waals surface area contributed by atoms with E-state index in [2.05, 4.69) is 15.5 Å². The third kappa shape index (κ3) is 3.30. The topological polar surface area (TPSA) is 85.8 Å². The number of anilines is 1. The largest absolute Gasteiger partial charge is 0.336 e. The van der Waals surface area contributed by atoms with Crippen LogP contribution in [0.1, 0.15) is 17.0 Å². The van der Waals surface area contributed by atoms with Crippen LogP contribution in [0.15, 0.2) is 23.4 Å². The van der Waals surface area contributed by atoms with Crippen molar-refractivity contribution < 1.29 is 4.79 Å². The van der Waals surface area contributed by atoms with Crippen LogP contribution in [0, 0.1) is 20.8 Å². The molecule has 0 unspecified atom stereocenters. The zero-order chi connectivity index (χ0) is 14.7. The van der Waals surface area contributed by atoms with Crippen molar-refractivity contribution in [3.05, 3.63) is 35.2 Å². The highest BCUT2D eigenvalue weighted by atomic mass is 32.2. The maximum absolute atomic E-state index is 11.9. The number of nitrogens with two attached hydrogens (primary N) is 1. The summed E-state index contributed by atoms with van der Waals surface area (Å²) in [5.41, 5.74) is 2.98. The maximum atomic E-state index is 11.9. The molecule has 3 N–H and O–H groups in total. The SMILES string of the molecule is Cc1ccc(C)c(NC(=O)CSc2nnc(C)n2N)c1. The molecule has 0 saturated heterocycles. The molecule has 106 valence electrons. The van der Waals surface area contributed by atoms with Gasteiger partial charge in [0.1, 0.15) is 5.82 Å². The quantitative estimate of drug-likeness (QED) is 0.661. The van der Waals surface area contributed by atoms with Gasteiger partial charge < -0.3 is 11.2 Å². The molecular weight excluding hydrogens is 274 g/mol. The van der Waals surface area contributed by atoms with E-state index >= 15 is 0 Å². The molecule has 2 rings (SSSR count). The second kappa shape index (κ2) is 5.96. The molecule has 1 heterocycles. The van der Waals surface area contributed by atoms with Gasteiger partial charge in [0.2, 0.25) is 11.1 Å². The van der Waals surface area contributed by atoms with Crippen LogP contribution in [0.3, 0.4) is 0 Å². The number of carbonyl (C=O) groups is 1. The lowest BCUT2D eigenvalue weighted by molar-refractivity contribution is -0.113. The van der Waals surface area contributed by atoms with E-state index in [0.717, 1.165) is 16.8 Å². The van der Waals surface area contributed by atoms with Crippen LogP contribution in [0.5, 0.6) is 0 Å². The summed E-state index contributed by atoms with van der Waals surface area (Å²) < 4.78 is 1.37. The van der Waals surface area contributed by atoms with Crippen molar-refractivity contribution in [2.24, 2.45) is 0 Å². The minimum atomic E-state index is -0.0932. The molecule has 0 radical (unpaired) electrons. The van der Waals surface area contributed by atoms with Crippen LogP contribution in [0.25, 0.3) is 0 Å². The highest BCUT2D eigenvalue weighted by Crippen LogP contribution is 2.18. The van der Waals surface area contributed by atoms with Gasteiger partial charge in [-0.25, -0.2) is 4.68 Å². The highest BCUT2D eigenvalue weighted by Gasteiger charge is 2.10. The molecule has 0 aliphatic rings. The predicted octanol–water partition coefficient (Wildman–Crippen LogP) is 1.65. The van der Waals surface area contributed by atoms with E-state index < -0.39 is 0 Å². The van der Waals surface area contributed by atoms with E-state index in [1.165, 1.54) is 16.4 Å². The van der Waals surface area contributed by atoms with Gasteiger partial charge in [-0.15, -0.1) is 10.2 Å². The van der Waals surface area contributed by atoms with Crippen LogP contribution in [0.4, 0.5) is 5.69 Å². The molecule has 1 aromatic heterocycles. The van der Waals surface area contributed by atoms with E-state index in [0.29, 0.717) is 11.0 Å². The van der Waals surface area contributed by atoms with Gasteiger partial charge >= 0.3 is 0 Å². The van der Waals surface area contributed by atoms with Gasteiger partial charge in [0.05, 0.1) is 5.75 Å². The van der Waals surface area contributed by atoms with E-state index in [1.54, 1.807) is 6.92 Å². The number of hydrogen-bond acceptors (Lipinski definition) is 5. The van der Waals surface area contributed by atoms with Crippen LogP contribution in [-0.4, -0.2) is 26.5 Å². The molecule has 6 nitrogen and oxygen atoms in total. The number of nitrogens with one attached hydrogen (secondary N) is 1. The van der Waals surface area contributed by atoms with Gasteiger partial charge in [0.25, 0.3) is 0 Å². The van der Waals surface area contributed by atoms with Gasteiger partial charge in [-0.3, -0.25) is 4.79 Å². The van der Waals surface area contributed by atoms with Gasteiger partial charge in [-0.05, 0) is 38.0 Å². The molecule has 2 aromatic rings. The van der Waals surface area contributed by atoms with Gasteiger partial charge in [-0.1, -0.05) is 23.9 Å². The molecule has 1 amide bonds. The molecule has 0 fully saturated rings. The Morgan fingerprint density at radius 3 is 2.75 bits per heavy atom. The van der Waals surface area contributed by atoms with E-state index in [1.807, 2.05) is 32.0 Å². The summed E-state index contributed by atoms with van der Waals surface area (Å²) in [7, 11) is 0. The van der Waals surface area contributed by atoms with Crippen LogP contribution >= 0.6 is 11.8 Å². The number of nitrogen functional groups attached to an aromatic ring is 1. The highest BCUT2D eigenvalue weighted by molar-refractivity contribution is 7.99. The van der Waals surface area contributed by atoms with Crippen molar-refractivity contribution in [2.75, 3.05) is 16.9 Å². The Kier molecular flexibility index (Phi) is 4.29. The molecule has 0 aliphatic carbocycles. The summed E-state index contributed by atoms with van der Waals surface area (Å²) in [5, 5.41) is 11.2. The van der Waals surface area contributed by atoms with Crippen LogP contribution < -0.4 is 11.2 Å². The monoisotopic (exact) mass is 291 g/mol. The number of carbonyl (C=O) groups excluding carboxylic acids is 1. The Balaban J connectivity index is 1.96. The lowest BCUT2D eigenvalue weighted by Crippen LogP contribution is -2.17. The molecule has 0 atom stereocenters. The fourth-order valence-corrected chi connectivity index (χ4v) is 2.34. The summed E-state index contributed by atoms with van der Waals surface area (Å²) in [6.45, 7) is 5.71. The molecule has 0 saturated carbocycles. The number of rotatable bonds is 4. The summed E-state index contributed by atoms with van der Waals surface area (Å²) in [6, 6.07) is 5.95. The lowest BCUT2D eigenvalue weighted by Gasteiger charge is -2.09. The average molecular weight is 291 g/mol. The van der Waals surface area contributed by atoms with E-state index in [4.69, 9.17) is 5.84 Å². The minimum Gasteiger partial charge on any atom is -0.336 e. The van der Waals surface area contributed by atoms with Crippen LogP contribution in [-0.2, 0) is 4.79 Å². The minimum absolute atomic E-state index is 0.0932. The van der Waals surface area contributed by atoms with Crippen molar-refractivity contribution in [3.8, 4) is 0 Å². The summed E-state index contributed by atoms with van der Waals surface area (Å²) in [4.78, 5) is 11.9. The molecule has 7 heteroatoms. The lowest BCUT2D eigenvalue weighted by atomic mass is 10.1. The Labute approximate surface area is 121 Å². The first-order valence-electron chi connectivity index (χ1n) is 6.14. The molecule has 0 spiro atoms. The number of aromatic nitrogens is 3. The fourth-order valence-electron chi connectivity index (χ4n) is 1.64. The van der Waals surface area contributed by atoms with E-state index in [9.17, 15) is 4.79 Å². The number of nitrogens with zero attached hydrogens (tertiary/aromatic N) is 3. The zero-order valence-electron chi connectivity index (χ0n) is 11.7. The Morgan fingerprint density at radius 1 is 1.35 bits per heavy atom. The molecule has 1 aromatic carbocycles. The number of aryl methyl sites for hydroxylation is 3. The molecule has 0 aliphatic heterocycles. The first-order chi connectivity index (χ1) is 9.47. The van der Waals surface area contributed by atoms with Crippen LogP contribution in [0.2, 0.25) is 0 Å². The average Bonchev–Trinajstić information content (AvgIpc) is 2.72. The smallest absolute Gasteiger partial charge is 0.234 e. The zero-order valence-corrected chi connectivity index (χ0v) is 12.5. The Bertz CT molecular complexity index is 638. The number of thioether (sulfide) groups is 1. The molecule has 0 bridgehead atoms. The van der Waals surface area contributed by atoms with Crippen molar-refractivity contribution in [2.45, 2.75) is 25.9 Å². The number of benzene rings is 1. The number of hydrogen-bond donors (Lipinski definition) is 2. The normalized spacial score (nSPS) is 10.6. The maximum Gasteiger partial charge on any atom is 0.234 e. The first-order valence-corrected chi connectivity index (χ1v) is 7.13. The third-order valence-corrected chi connectivity index (χ3v) is 3.78. The standard InChI is InChI=1S/C13H17N5OS/c1-8-4-5-9(2)11(6-8)15-12(19)7-20-13-17-16-10(3)18(13)14/h4-6H,7,14H2,1-3H3,(H,15,19). The summed E-state index contributed by atoms with van der Waals surface area (Å²) in [5.74, 6) is 6.48. The number of amides is 1. The first kappa shape index (κ1) is 14.4. The summed E-state index contributed by atoms with van der Waals surface area (Å²) in [6.07, 6.45) is 0. The Morgan fingerprint density at radius 2 is 2.10 bits per heavy atom. The van der Waals surface area contributed by atoms with E-state index in [-0.39, 0.29) is 11.7 Å². The molecule has 20 heavy (non-hydrogen) atoms. The molecular formula is C13H17N5OS. The Hall–Kier alpha value is -2.02. The predicted molar refractivity (Wildman–Crippen MR) is 80.2 cm³/mol. The van der Waals surface area contributed by atoms with Crippen molar-refractivity contribution in [3.63, 3.8) is 0 Å². The van der Waals surface area contributed by atoms with Gasteiger partial charge in [0, 0.05) is 5.69 Å². The second-order valence-electron chi connectivity index (χ2n) is 4.56. The second-order valence-corrected chi connectivity index (χ2v) is 5.50. The fraction of sp³-hybridized carbons (Fsp3) is 0.308. The summed E-state index contributed by atoms with van der Waals surface area (Å²) >= 11 is 1.26.